The van der Waals surface area contributed by atoms with Crippen LogP contribution in [0.4, 0.5) is 10.1 Å². The van der Waals surface area contributed by atoms with E-state index in [1.54, 1.807) is 0 Å². The lowest BCUT2D eigenvalue weighted by Gasteiger charge is -2.39. The number of nitrogens with one attached hydrogen (secondary N) is 2. The highest BCUT2D eigenvalue weighted by atomic mass is 35.5. The molecule has 2 saturated heterocycles. The highest BCUT2D eigenvalue weighted by Gasteiger charge is 2.30. The highest BCUT2D eigenvalue weighted by Crippen LogP contribution is 2.26. The summed E-state index contributed by atoms with van der Waals surface area (Å²) >= 11 is 0. The van der Waals surface area contributed by atoms with Crippen molar-refractivity contribution >= 4 is 36.4 Å². The van der Waals surface area contributed by atoms with Crippen molar-refractivity contribution in [1.82, 2.24) is 15.5 Å². The number of nitrogens with zero attached hydrogens (tertiary/aromatic N) is 2. The second kappa shape index (κ2) is 11.2. The van der Waals surface area contributed by atoms with Gasteiger partial charge in [-0.3, -0.25) is 9.69 Å². The van der Waals surface area contributed by atoms with Crippen molar-refractivity contribution in [2.45, 2.75) is 32.7 Å². The SMILES string of the molecule is CC(C(=O)NCC1(C)CCNCC1)N1CCN(c2ccc(F)cc2)CC1.Cl.Cl. The molecule has 2 fully saturated rings. The standard InChI is InChI=1S/C20H31FN4O.2ClH/c1-16(19(26)23-15-20(2)7-9-22-10-8-20)24-11-13-25(14-12-24)18-5-3-17(21)4-6-18;;/h3-6,16,22H,7-15H2,1-2H3,(H,23,26);2*1H. The van der Waals surface area contributed by atoms with Gasteiger partial charge in [-0.15, -0.1) is 24.8 Å². The number of rotatable bonds is 5. The number of halogens is 3. The second-order valence-electron chi connectivity index (χ2n) is 7.95. The molecule has 0 spiro atoms. The summed E-state index contributed by atoms with van der Waals surface area (Å²) in [5, 5.41) is 6.55. The van der Waals surface area contributed by atoms with Gasteiger partial charge in [-0.1, -0.05) is 6.92 Å². The molecule has 2 aliphatic rings. The third kappa shape index (κ3) is 6.48. The van der Waals surface area contributed by atoms with Gasteiger partial charge in [-0.05, 0) is 62.5 Å². The zero-order valence-corrected chi connectivity index (χ0v) is 18.4. The lowest BCUT2D eigenvalue weighted by molar-refractivity contribution is -0.126. The third-order valence-corrected chi connectivity index (χ3v) is 5.93. The van der Waals surface area contributed by atoms with E-state index in [1.165, 1.54) is 12.1 Å². The summed E-state index contributed by atoms with van der Waals surface area (Å²) in [6.07, 6.45) is 2.22. The first-order valence-electron chi connectivity index (χ1n) is 9.70. The van der Waals surface area contributed by atoms with Gasteiger partial charge < -0.3 is 15.5 Å². The molecule has 160 valence electrons. The summed E-state index contributed by atoms with van der Waals surface area (Å²) in [5.74, 6) is -0.0832. The first kappa shape index (κ1) is 25.0. The van der Waals surface area contributed by atoms with Gasteiger partial charge in [0.2, 0.25) is 5.91 Å². The van der Waals surface area contributed by atoms with E-state index in [1.807, 2.05) is 19.1 Å². The van der Waals surface area contributed by atoms with Crippen molar-refractivity contribution in [2.75, 3.05) is 50.7 Å². The average molecular weight is 435 g/mol. The summed E-state index contributed by atoms with van der Waals surface area (Å²) in [7, 11) is 0. The van der Waals surface area contributed by atoms with E-state index in [0.717, 1.165) is 64.3 Å². The van der Waals surface area contributed by atoms with E-state index < -0.39 is 0 Å². The van der Waals surface area contributed by atoms with Gasteiger partial charge in [0.1, 0.15) is 5.82 Å². The van der Waals surface area contributed by atoms with Gasteiger partial charge in [0.25, 0.3) is 0 Å². The van der Waals surface area contributed by atoms with E-state index in [9.17, 15) is 9.18 Å². The van der Waals surface area contributed by atoms with Crippen LogP contribution in [0.1, 0.15) is 26.7 Å². The van der Waals surface area contributed by atoms with Crippen molar-refractivity contribution in [3.05, 3.63) is 30.1 Å². The first-order chi connectivity index (χ1) is 12.5. The van der Waals surface area contributed by atoms with Crippen LogP contribution in [0.2, 0.25) is 0 Å². The molecule has 28 heavy (non-hydrogen) atoms. The van der Waals surface area contributed by atoms with Gasteiger partial charge in [0.05, 0.1) is 6.04 Å². The molecule has 1 unspecified atom stereocenters. The van der Waals surface area contributed by atoms with Gasteiger partial charge in [-0.2, -0.15) is 0 Å². The Kier molecular flexibility index (Phi) is 9.98. The zero-order valence-electron chi connectivity index (χ0n) is 16.7. The average Bonchev–Trinajstić information content (AvgIpc) is 2.67. The van der Waals surface area contributed by atoms with Crippen molar-refractivity contribution in [1.29, 1.82) is 0 Å². The van der Waals surface area contributed by atoms with Crippen LogP contribution in [0.3, 0.4) is 0 Å². The number of anilines is 1. The molecule has 1 aromatic carbocycles. The fourth-order valence-corrected chi connectivity index (χ4v) is 3.84. The molecule has 0 aromatic heterocycles. The monoisotopic (exact) mass is 434 g/mol. The largest absolute Gasteiger partial charge is 0.369 e. The summed E-state index contributed by atoms with van der Waals surface area (Å²) in [4.78, 5) is 17.1. The Hall–Kier alpha value is -1.08. The van der Waals surface area contributed by atoms with E-state index in [2.05, 4.69) is 27.4 Å². The topological polar surface area (TPSA) is 47.6 Å². The molecule has 3 rings (SSSR count). The third-order valence-electron chi connectivity index (χ3n) is 5.93. The molecule has 2 heterocycles. The van der Waals surface area contributed by atoms with Crippen LogP contribution in [0.25, 0.3) is 0 Å². The fraction of sp³-hybridized carbons (Fsp3) is 0.650. The van der Waals surface area contributed by atoms with Crippen molar-refractivity contribution in [3.8, 4) is 0 Å². The highest BCUT2D eigenvalue weighted by molar-refractivity contribution is 5.85. The Morgan fingerprint density at radius 2 is 1.71 bits per heavy atom. The number of benzene rings is 1. The zero-order chi connectivity index (χ0) is 18.6. The van der Waals surface area contributed by atoms with E-state index >= 15 is 0 Å². The maximum absolute atomic E-state index is 13.1. The van der Waals surface area contributed by atoms with Crippen LogP contribution in [0, 0.1) is 11.2 Å². The van der Waals surface area contributed by atoms with Crippen LogP contribution in [-0.4, -0.2) is 62.7 Å². The number of hydrogen-bond acceptors (Lipinski definition) is 4. The Labute approximate surface area is 180 Å². The molecular formula is C20H33Cl2FN4O. The fourth-order valence-electron chi connectivity index (χ4n) is 3.84. The summed E-state index contributed by atoms with van der Waals surface area (Å²) in [6.45, 7) is 10.5. The molecular weight excluding hydrogens is 402 g/mol. The molecule has 8 heteroatoms. The molecule has 1 atom stereocenters. The van der Waals surface area contributed by atoms with Gasteiger partial charge in [0.15, 0.2) is 0 Å². The number of piperidine rings is 1. The van der Waals surface area contributed by atoms with Crippen LogP contribution < -0.4 is 15.5 Å². The molecule has 0 bridgehead atoms. The van der Waals surface area contributed by atoms with Crippen LogP contribution in [0.15, 0.2) is 24.3 Å². The van der Waals surface area contributed by atoms with Crippen LogP contribution >= 0.6 is 24.8 Å². The predicted molar refractivity (Wildman–Crippen MR) is 117 cm³/mol. The molecule has 1 amide bonds. The minimum Gasteiger partial charge on any atom is -0.369 e. The number of piperazine rings is 1. The molecule has 5 nitrogen and oxygen atoms in total. The maximum atomic E-state index is 13.1. The molecule has 0 radical (unpaired) electrons. The molecule has 0 saturated carbocycles. The van der Waals surface area contributed by atoms with E-state index in [4.69, 9.17) is 0 Å². The minimum absolute atomic E-state index is 0. The Morgan fingerprint density at radius 3 is 2.29 bits per heavy atom. The second-order valence-corrected chi connectivity index (χ2v) is 7.95. The summed E-state index contributed by atoms with van der Waals surface area (Å²) in [6, 6.07) is 6.52. The van der Waals surface area contributed by atoms with E-state index in [0.29, 0.717) is 0 Å². The molecule has 2 N–H and O–H groups in total. The number of amides is 1. The van der Waals surface area contributed by atoms with Gasteiger partial charge in [-0.25, -0.2) is 4.39 Å². The lowest BCUT2D eigenvalue weighted by atomic mass is 9.81. The number of carbonyl (C=O) groups excluding carboxylic acids is 1. The molecule has 2 aliphatic heterocycles. The van der Waals surface area contributed by atoms with Crippen LogP contribution in [0.5, 0.6) is 0 Å². The first-order valence-corrected chi connectivity index (χ1v) is 9.70. The smallest absolute Gasteiger partial charge is 0.237 e. The van der Waals surface area contributed by atoms with Crippen molar-refractivity contribution in [3.63, 3.8) is 0 Å². The Bertz CT molecular complexity index is 603. The predicted octanol–water partition coefficient (Wildman–Crippen LogP) is 2.69. The van der Waals surface area contributed by atoms with Crippen molar-refractivity contribution in [2.24, 2.45) is 5.41 Å². The lowest BCUT2D eigenvalue weighted by Crippen LogP contribution is -2.55. The Balaban J connectivity index is 0.00000196. The molecule has 0 aliphatic carbocycles. The normalized spacial score (nSPS) is 20.5. The van der Waals surface area contributed by atoms with Crippen molar-refractivity contribution < 1.29 is 9.18 Å². The minimum atomic E-state index is -0.208. The maximum Gasteiger partial charge on any atom is 0.237 e. The molecule has 1 aromatic rings. The van der Waals surface area contributed by atoms with Gasteiger partial charge >= 0.3 is 0 Å². The summed E-state index contributed by atoms with van der Waals surface area (Å²) in [5.41, 5.74) is 1.25. The quantitative estimate of drug-likeness (QED) is 0.747. The summed E-state index contributed by atoms with van der Waals surface area (Å²) < 4.78 is 13.1. The number of hydrogen-bond donors (Lipinski definition) is 2. The van der Waals surface area contributed by atoms with Crippen LogP contribution in [-0.2, 0) is 4.79 Å². The number of carbonyl (C=O) groups is 1. The Morgan fingerprint density at radius 1 is 1.14 bits per heavy atom. The van der Waals surface area contributed by atoms with E-state index in [-0.39, 0.29) is 48.0 Å². The van der Waals surface area contributed by atoms with Gasteiger partial charge in [0, 0.05) is 38.4 Å².